The minimum absolute atomic E-state index is 0.0592. The summed E-state index contributed by atoms with van der Waals surface area (Å²) in [7, 11) is 0. The molecule has 1 unspecified atom stereocenters. The van der Waals surface area contributed by atoms with Crippen LogP contribution < -0.4 is 11.1 Å². The van der Waals surface area contributed by atoms with Gasteiger partial charge in [0.2, 0.25) is 5.91 Å². The van der Waals surface area contributed by atoms with Gasteiger partial charge in [0.25, 0.3) is 0 Å². The number of hydrogen-bond acceptors (Lipinski definition) is 2. The molecule has 0 aliphatic carbocycles. The third-order valence-corrected chi connectivity index (χ3v) is 3.48. The normalized spacial score (nSPS) is 11.9. The van der Waals surface area contributed by atoms with E-state index in [1.807, 2.05) is 62.4 Å². The zero-order valence-corrected chi connectivity index (χ0v) is 11.9. The average Bonchev–Trinajstić information content (AvgIpc) is 2.45. The third-order valence-electron chi connectivity index (χ3n) is 3.48. The second kappa shape index (κ2) is 6.35. The van der Waals surface area contributed by atoms with Crippen LogP contribution in [0.3, 0.4) is 0 Å². The van der Waals surface area contributed by atoms with Gasteiger partial charge >= 0.3 is 0 Å². The summed E-state index contributed by atoms with van der Waals surface area (Å²) in [5.41, 5.74) is 9.71. The van der Waals surface area contributed by atoms with Crippen LogP contribution in [0.5, 0.6) is 0 Å². The molecule has 0 aliphatic heterocycles. The number of hydrogen-bond donors (Lipinski definition) is 2. The van der Waals surface area contributed by atoms with Crippen LogP contribution in [-0.2, 0) is 4.79 Å². The van der Waals surface area contributed by atoms with E-state index in [2.05, 4.69) is 5.32 Å². The predicted octanol–water partition coefficient (Wildman–Crippen LogP) is 2.98. The SMILES string of the molecule is Cc1cccc(C)c1NC(=O)C(CN)c1ccccc1. The fourth-order valence-electron chi connectivity index (χ4n) is 2.30. The van der Waals surface area contributed by atoms with Gasteiger partial charge in [0.1, 0.15) is 0 Å². The highest BCUT2D eigenvalue weighted by atomic mass is 16.1. The number of nitrogens with two attached hydrogens (primary N) is 1. The number of anilines is 1. The Bertz CT molecular complexity index is 573. The maximum absolute atomic E-state index is 12.5. The minimum Gasteiger partial charge on any atom is -0.329 e. The van der Waals surface area contributed by atoms with Gasteiger partial charge in [-0.3, -0.25) is 4.79 Å². The molecular weight excluding hydrogens is 248 g/mol. The highest BCUT2D eigenvalue weighted by Crippen LogP contribution is 2.22. The molecule has 0 saturated carbocycles. The molecule has 1 atom stereocenters. The van der Waals surface area contributed by atoms with E-state index in [1.54, 1.807) is 0 Å². The lowest BCUT2D eigenvalue weighted by atomic mass is 9.98. The van der Waals surface area contributed by atoms with Gasteiger partial charge in [-0.2, -0.15) is 0 Å². The van der Waals surface area contributed by atoms with E-state index in [1.165, 1.54) is 0 Å². The lowest BCUT2D eigenvalue weighted by molar-refractivity contribution is -0.117. The molecule has 0 bridgehead atoms. The molecular formula is C17H20N2O. The summed E-state index contributed by atoms with van der Waals surface area (Å²) in [6.45, 7) is 4.27. The average molecular weight is 268 g/mol. The van der Waals surface area contributed by atoms with Crippen molar-refractivity contribution in [2.24, 2.45) is 5.73 Å². The van der Waals surface area contributed by atoms with Gasteiger partial charge < -0.3 is 11.1 Å². The van der Waals surface area contributed by atoms with E-state index in [0.29, 0.717) is 6.54 Å². The number of para-hydroxylation sites is 1. The number of amides is 1. The van der Waals surface area contributed by atoms with E-state index in [4.69, 9.17) is 5.73 Å². The Labute approximate surface area is 119 Å². The first kappa shape index (κ1) is 14.3. The number of carbonyl (C=O) groups excluding carboxylic acids is 1. The number of benzene rings is 2. The smallest absolute Gasteiger partial charge is 0.233 e. The zero-order chi connectivity index (χ0) is 14.5. The molecule has 0 spiro atoms. The first-order valence-corrected chi connectivity index (χ1v) is 6.75. The van der Waals surface area contributed by atoms with E-state index >= 15 is 0 Å². The first-order valence-electron chi connectivity index (χ1n) is 6.75. The topological polar surface area (TPSA) is 55.1 Å². The van der Waals surface area contributed by atoms with Gasteiger partial charge in [-0.25, -0.2) is 0 Å². The molecule has 0 aromatic heterocycles. The van der Waals surface area contributed by atoms with Crippen molar-refractivity contribution in [3.8, 4) is 0 Å². The van der Waals surface area contributed by atoms with Gasteiger partial charge in [-0.15, -0.1) is 0 Å². The fourth-order valence-corrected chi connectivity index (χ4v) is 2.30. The Balaban J connectivity index is 2.23. The van der Waals surface area contributed by atoms with E-state index in [0.717, 1.165) is 22.4 Å². The van der Waals surface area contributed by atoms with Crippen molar-refractivity contribution >= 4 is 11.6 Å². The standard InChI is InChI=1S/C17H20N2O/c1-12-7-6-8-13(2)16(12)19-17(20)15(11-18)14-9-4-3-5-10-14/h3-10,15H,11,18H2,1-2H3,(H,19,20). The number of nitrogens with one attached hydrogen (secondary N) is 1. The van der Waals surface area contributed by atoms with Gasteiger partial charge in [-0.05, 0) is 30.5 Å². The van der Waals surface area contributed by atoms with Gasteiger partial charge in [0.15, 0.2) is 0 Å². The molecule has 3 nitrogen and oxygen atoms in total. The molecule has 1 amide bonds. The molecule has 2 rings (SSSR count). The highest BCUT2D eigenvalue weighted by Gasteiger charge is 2.19. The van der Waals surface area contributed by atoms with Crippen LogP contribution in [0.4, 0.5) is 5.69 Å². The molecule has 20 heavy (non-hydrogen) atoms. The Hall–Kier alpha value is -2.13. The Morgan fingerprint density at radius 3 is 2.20 bits per heavy atom. The zero-order valence-electron chi connectivity index (χ0n) is 11.9. The summed E-state index contributed by atoms with van der Waals surface area (Å²) in [6.07, 6.45) is 0. The summed E-state index contributed by atoms with van der Waals surface area (Å²) < 4.78 is 0. The van der Waals surface area contributed by atoms with Crippen LogP contribution in [-0.4, -0.2) is 12.5 Å². The van der Waals surface area contributed by atoms with Crippen LogP contribution >= 0.6 is 0 Å². The number of rotatable bonds is 4. The van der Waals surface area contributed by atoms with Crippen molar-refractivity contribution in [1.29, 1.82) is 0 Å². The van der Waals surface area contributed by atoms with Crippen molar-refractivity contribution < 1.29 is 4.79 Å². The molecule has 0 saturated heterocycles. The van der Waals surface area contributed by atoms with Crippen LogP contribution in [0, 0.1) is 13.8 Å². The Morgan fingerprint density at radius 2 is 1.65 bits per heavy atom. The van der Waals surface area contributed by atoms with Crippen molar-refractivity contribution in [1.82, 2.24) is 0 Å². The molecule has 2 aromatic carbocycles. The molecule has 2 aromatic rings. The van der Waals surface area contributed by atoms with Crippen LogP contribution in [0.15, 0.2) is 48.5 Å². The fraction of sp³-hybridized carbons (Fsp3) is 0.235. The minimum atomic E-state index is -0.324. The van der Waals surface area contributed by atoms with Crippen molar-refractivity contribution in [3.63, 3.8) is 0 Å². The number of carbonyl (C=O) groups is 1. The maximum Gasteiger partial charge on any atom is 0.233 e. The Morgan fingerprint density at radius 1 is 1.05 bits per heavy atom. The second-order valence-electron chi connectivity index (χ2n) is 4.96. The van der Waals surface area contributed by atoms with E-state index in [9.17, 15) is 4.79 Å². The monoisotopic (exact) mass is 268 g/mol. The molecule has 104 valence electrons. The maximum atomic E-state index is 12.5. The van der Waals surface area contributed by atoms with Crippen molar-refractivity contribution in [3.05, 3.63) is 65.2 Å². The molecule has 0 aliphatic rings. The largest absolute Gasteiger partial charge is 0.329 e. The van der Waals surface area contributed by atoms with E-state index in [-0.39, 0.29) is 11.8 Å². The molecule has 3 N–H and O–H groups in total. The summed E-state index contributed by atoms with van der Waals surface area (Å²) in [6, 6.07) is 15.6. The van der Waals surface area contributed by atoms with Gasteiger partial charge in [-0.1, -0.05) is 48.5 Å². The second-order valence-corrected chi connectivity index (χ2v) is 4.96. The van der Waals surface area contributed by atoms with Crippen LogP contribution in [0.25, 0.3) is 0 Å². The molecule has 3 heteroatoms. The summed E-state index contributed by atoms with van der Waals surface area (Å²) >= 11 is 0. The highest BCUT2D eigenvalue weighted by molar-refractivity contribution is 5.97. The third kappa shape index (κ3) is 3.06. The number of aryl methyl sites for hydroxylation is 2. The predicted molar refractivity (Wildman–Crippen MR) is 82.8 cm³/mol. The van der Waals surface area contributed by atoms with Gasteiger partial charge in [0.05, 0.1) is 5.92 Å². The van der Waals surface area contributed by atoms with E-state index < -0.39 is 0 Å². The molecule has 0 fully saturated rings. The van der Waals surface area contributed by atoms with Crippen LogP contribution in [0.2, 0.25) is 0 Å². The quantitative estimate of drug-likeness (QED) is 0.895. The Kier molecular flexibility index (Phi) is 4.53. The summed E-state index contributed by atoms with van der Waals surface area (Å²) in [5, 5.41) is 3.01. The van der Waals surface area contributed by atoms with Crippen molar-refractivity contribution in [2.45, 2.75) is 19.8 Å². The van der Waals surface area contributed by atoms with Crippen LogP contribution in [0.1, 0.15) is 22.6 Å². The summed E-state index contributed by atoms with van der Waals surface area (Å²) in [5.74, 6) is -0.383. The lowest BCUT2D eigenvalue weighted by Crippen LogP contribution is -2.27. The first-order chi connectivity index (χ1) is 9.63. The molecule has 0 radical (unpaired) electrons. The lowest BCUT2D eigenvalue weighted by Gasteiger charge is -2.17. The van der Waals surface area contributed by atoms with Crippen molar-refractivity contribution in [2.75, 3.05) is 11.9 Å². The van der Waals surface area contributed by atoms with Gasteiger partial charge in [0, 0.05) is 12.2 Å². The molecule has 0 heterocycles. The summed E-state index contributed by atoms with van der Waals surface area (Å²) in [4.78, 5) is 12.5.